The molecule has 0 aliphatic carbocycles. The minimum absolute atomic E-state index is 0.206. The van der Waals surface area contributed by atoms with Crippen LogP contribution < -0.4 is 5.56 Å². The number of hydrogen-bond acceptors (Lipinski definition) is 7. The number of rotatable bonds is 6. The Morgan fingerprint density at radius 3 is 2.60 bits per heavy atom. The van der Waals surface area contributed by atoms with E-state index in [1.54, 1.807) is 18.2 Å². The average Bonchev–Trinajstić information content (AvgIpc) is 3.15. The number of carbonyl (C=O) groups excluding carboxylic acids is 1. The van der Waals surface area contributed by atoms with Gasteiger partial charge in [0.15, 0.2) is 5.16 Å². The summed E-state index contributed by atoms with van der Waals surface area (Å²) in [4.78, 5) is 34.0. The normalized spacial score (nSPS) is 11.0. The lowest BCUT2D eigenvalue weighted by Gasteiger charge is -2.11. The number of methoxy groups -OCH3 is 1. The molecule has 0 fully saturated rings. The highest BCUT2D eigenvalue weighted by molar-refractivity contribution is 7.98. The molecule has 0 spiro atoms. The van der Waals surface area contributed by atoms with Crippen molar-refractivity contribution in [2.45, 2.75) is 24.4 Å². The van der Waals surface area contributed by atoms with Crippen LogP contribution in [0.2, 0.25) is 0 Å². The number of nitrogens with zero attached hydrogens (tertiary/aromatic N) is 3. The van der Waals surface area contributed by atoms with E-state index in [0.717, 1.165) is 11.3 Å². The van der Waals surface area contributed by atoms with Crippen molar-refractivity contribution in [3.05, 3.63) is 76.4 Å². The Kier molecular flexibility index (Phi) is 5.67. The molecule has 0 aliphatic rings. The van der Waals surface area contributed by atoms with Crippen LogP contribution in [0.15, 0.2) is 69.0 Å². The number of thioether (sulfide) groups is 1. The van der Waals surface area contributed by atoms with Crippen molar-refractivity contribution in [1.82, 2.24) is 14.5 Å². The highest BCUT2D eigenvalue weighted by atomic mass is 32.2. The maximum Gasteiger partial charge on any atom is 0.325 e. The van der Waals surface area contributed by atoms with Crippen molar-refractivity contribution in [2.75, 3.05) is 7.11 Å². The molecular weight excluding hydrogens is 402 g/mol. The van der Waals surface area contributed by atoms with Gasteiger partial charge in [0.05, 0.1) is 23.7 Å². The smallest absolute Gasteiger partial charge is 0.325 e. The molecule has 0 unspecified atom stereocenters. The van der Waals surface area contributed by atoms with Crippen molar-refractivity contribution in [2.24, 2.45) is 0 Å². The van der Waals surface area contributed by atoms with E-state index in [4.69, 9.17) is 9.15 Å². The first kappa shape index (κ1) is 19.9. The summed E-state index contributed by atoms with van der Waals surface area (Å²) in [6, 6.07) is 16.7. The van der Waals surface area contributed by atoms with Gasteiger partial charge in [-0.1, -0.05) is 42.1 Å². The van der Waals surface area contributed by atoms with Gasteiger partial charge in [-0.3, -0.25) is 14.2 Å². The maximum absolute atomic E-state index is 12.9. The van der Waals surface area contributed by atoms with Crippen LogP contribution in [0.1, 0.15) is 11.5 Å². The number of para-hydroxylation sites is 1. The fourth-order valence-corrected chi connectivity index (χ4v) is 3.99. The number of oxazole rings is 1. The highest BCUT2D eigenvalue weighted by Crippen LogP contribution is 2.27. The van der Waals surface area contributed by atoms with E-state index >= 15 is 0 Å². The summed E-state index contributed by atoms with van der Waals surface area (Å²) in [5, 5.41) is 0.877. The lowest BCUT2D eigenvalue weighted by Crippen LogP contribution is -2.27. The zero-order valence-corrected chi connectivity index (χ0v) is 17.3. The summed E-state index contributed by atoms with van der Waals surface area (Å²) in [7, 11) is 1.29. The second-order valence-corrected chi connectivity index (χ2v) is 7.50. The summed E-state index contributed by atoms with van der Waals surface area (Å²) < 4.78 is 11.9. The number of carbonyl (C=O) groups is 1. The van der Waals surface area contributed by atoms with Gasteiger partial charge in [-0.2, -0.15) is 0 Å². The molecule has 4 rings (SSSR count). The SMILES string of the molecule is COC(=O)Cn1c(SCc2nc(-c3ccccc3)oc2C)nc2ccccc2c1=O. The molecule has 0 N–H and O–H groups in total. The van der Waals surface area contributed by atoms with Gasteiger partial charge >= 0.3 is 5.97 Å². The molecule has 2 aromatic heterocycles. The Morgan fingerprint density at radius 2 is 1.83 bits per heavy atom. The number of ether oxygens (including phenoxy) is 1. The molecule has 4 aromatic rings. The number of aryl methyl sites for hydroxylation is 1. The lowest BCUT2D eigenvalue weighted by atomic mass is 10.2. The zero-order valence-electron chi connectivity index (χ0n) is 16.5. The van der Waals surface area contributed by atoms with E-state index in [0.29, 0.717) is 33.5 Å². The second-order valence-electron chi connectivity index (χ2n) is 6.56. The molecule has 2 heterocycles. The molecule has 30 heavy (non-hydrogen) atoms. The largest absolute Gasteiger partial charge is 0.468 e. The third-order valence-corrected chi connectivity index (χ3v) is 5.58. The first-order chi connectivity index (χ1) is 14.6. The molecule has 152 valence electrons. The summed E-state index contributed by atoms with van der Waals surface area (Å²) in [6.45, 7) is 1.65. The Hall–Kier alpha value is -3.39. The van der Waals surface area contributed by atoms with Crippen LogP contribution in [0.4, 0.5) is 0 Å². The van der Waals surface area contributed by atoms with Gasteiger partial charge in [0.2, 0.25) is 5.89 Å². The van der Waals surface area contributed by atoms with E-state index < -0.39 is 5.97 Å². The van der Waals surface area contributed by atoms with Crippen LogP contribution >= 0.6 is 11.8 Å². The molecular formula is C22H19N3O4S. The molecule has 0 amide bonds. The van der Waals surface area contributed by atoms with Crippen molar-refractivity contribution >= 4 is 28.6 Å². The van der Waals surface area contributed by atoms with Crippen molar-refractivity contribution in [3.8, 4) is 11.5 Å². The van der Waals surface area contributed by atoms with Crippen molar-refractivity contribution in [1.29, 1.82) is 0 Å². The summed E-state index contributed by atoms with van der Waals surface area (Å²) in [5.41, 5.74) is 1.94. The van der Waals surface area contributed by atoms with Crippen LogP contribution in [0.5, 0.6) is 0 Å². The van der Waals surface area contributed by atoms with Crippen LogP contribution in [0.25, 0.3) is 22.4 Å². The Balaban J connectivity index is 1.67. The molecule has 0 aliphatic heterocycles. The lowest BCUT2D eigenvalue weighted by molar-refractivity contribution is -0.141. The molecule has 7 nitrogen and oxygen atoms in total. The van der Waals surface area contributed by atoms with Gasteiger partial charge in [0.1, 0.15) is 12.3 Å². The first-order valence-electron chi connectivity index (χ1n) is 9.27. The van der Waals surface area contributed by atoms with E-state index in [1.165, 1.54) is 23.4 Å². The van der Waals surface area contributed by atoms with Gasteiger partial charge in [-0.05, 0) is 31.2 Å². The fourth-order valence-electron chi connectivity index (χ4n) is 2.99. The number of fused-ring (bicyclic) bond motifs is 1. The molecule has 2 aromatic carbocycles. The molecule has 0 atom stereocenters. The molecule has 8 heteroatoms. The number of hydrogen-bond donors (Lipinski definition) is 0. The predicted molar refractivity (Wildman–Crippen MR) is 114 cm³/mol. The van der Waals surface area contributed by atoms with E-state index in [-0.39, 0.29) is 12.1 Å². The number of benzene rings is 2. The third kappa shape index (κ3) is 3.99. The average molecular weight is 421 g/mol. The van der Waals surface area contributed by atoms with Crippen LogP contribution in [0.3, 0.4) is 0 Å². The fraction of sp³-hybridized carbons (Fsp3) is 0.182. The van der Waals surface area contributed by atoms with Gasteiger partial charge < -0.3 is 9.15 Å². The Bertz CT molecular complexity index is 1260. The Labute approximate surface area is 176 Å². The summed E-state index contributed by atoms with van der Waals surface area (Å²) >= 11 is 1.33. The van der Waals surface area contributed by atoms with E-state index in [9.17, 15) is 9.59 Å². The van der Waals surface area contributed by atoms with Gasteiger partial charge in [0.25, 0.3) is 5.56 Å². The van der Waals surface area contributed by atoms with Crippen LogP contribution in [-0.2, 0) is 21.8 Å². The maximum atomic E-state index is 12.9. The predicted octanol–water partition coefficient (Wildman–Crippen LogP) is 3.83. The van der Waals surface area contributed by atoms with E-state index in [2.05, 4.69) is 9.97 Å². The quantitative estimate of drug-likeness (QED) is 0.266. The minimum Gasteiger partial charge on any atom is -0.468 e. The van der Waals surface area contributed by atoms with Crippen molar-refractivity contribution < 1.29 is 13.9 Å². The van der Waals surface area contributed by atoms with Gasteiger partial charge in [0, 0.05) is 11.3 Å². The Morgan fingerprint density at radius 1 is 1.10 bits per heavy atom. The van der Waals surface area contributed by atoms with Crippen LogP contribution in [-0.4, -0.2) is 27.6 Å². The van der Waals surface area contributed by atoms with Crippen molar-refractivity contribution in [3.63, 3.8) is 0 Å². The van der Waals surface area contributed by atoms with Gasteiger partial charge in [-0.15, -0.1) is 0 Å². The van der Waals surface area contributed by atoms with Crippen LogP contribution in [0, 0.1) is 6.92 Å². The first-order valence-corrected chi connectivity index (χ1v) is 10.3. The standard InChI is InChI=1S/C22H19N3O4S/c1-14-18(23-20(29-14)15-8-4-3-5-9-15)13-30-22-24-17-11-7-6-10-16(17)21(27)25(22)12-19(26)28-2/h3-11H,12-13H2,1-2H3. The van der Waals surface area contributed by atoms with Gasteiger partial charge in [-0.25, -0.2) is 9.97 Å². The second kappa shape index (κ2) is 8.54. The number of aromatic nitrogens is 3. The monoisotopic (exact) mass is 421 g/mol. The highest BCUT2D eigenvalue weighted by Gasteiger charge is 2.17. The third-order valence-electron chi connectivity index (χ3n) is 4.59. The molecule has 0 saturated carbocycles. The van der Waals surface area contributed by atoms with E-state index in [1.807, 2.05) is 43.3 Å². The summed E-state index contributed by atoms with van der Waals surface area (Å²) in [6.07, 6.45) is 0. The number of esters is 1. The molecule has 0 saturated heterocycles. The molecule has 0 bridgehead atoms. The molecule has 0 radical (unpaired) electrons. The topological polar surface area (TPSA) is 87.2 Å². The summed E-state index contributed by atoms with van der Waals surface area (Å²) in [5.74, 6) is 1.17. The minimum atomic E-state index is -0.514. The zero-order chi connectivity index (χ0) is 21.1.